The first-order valence-corrected chi connectivity index (χ1v) is 6.68. The van der Waals surface area contributed by atoms with Crippen LogP contribution in [-0.2, 0) is 0 Å². The van der Waals surface area contributed by atoms with Gasteiger partial charge in [0.25, 0.3) is 0 Å². The summed E-state index contributed by atoms with van der Waals surface area (Å²) in [5, 5.41) is 0. The monoisotopic (exact) mass is 267 g/mol. The molecular weight excluding hydrogens is 245 g/mol. The summed E-state index contributed by atoms with van der Waals surface area (Å²) in [6.07, 6.45) is 0. The Kier molecular flexibility index (Phi) is 4.14. The van der Waals surface area contributed by atoms with Crippen LogP contribution in [0.5, 0.6) is 5.75 Å². The van der Waals surface area contributed by atoms with Gasteiger partial charge in [-0.05, 0) is 13.5 Å². The van der Waals surface area contributed by atoms with Gasteiger partial charge in [-0.3, -0.25) is 4.90 Å². The molecule has 4 nitrogen and oxygen atoms in total. The summed E-state index contributed by atoms with van der Waals surface area (Å²) < 4.78 is 18.6. The zero-order valence-electron chi connectivity index (χ0n) is 11.8. The van der Waals surface area contributed by atoms with Crippen molar-refractivity contribution in [1.29, 1.82) is 0 Å². The van der Waals surface area contributed by atoms with Gasteiger partial charge < -0.3 is 15.4 Å². The number of piperazine rings is 1. The highest BCUT2D eigenvalue weighted by atomic mass is 19.1. The third-order valence-corrected chi connectivity index (χ3v) is 3.81. The number of nitrogens with two attached hydrogens (primary N) is 1. The smallest absolute Gasteiger partial charge is 0.167 e. The molecule has 0 amide bonds. The van der Waals surface area contributed by atoms with Crippen LogP contribution in [0.4, 0.5) is 15.8 Å². The van der Waals surface area contributed by atoms with E-state index in [-0.39, 0.29) is 5.75 Å². The van der Waals surface area contributed by atoms with E-state index in [0.29, 0.717) is 11.7 Å². The Bertz CT molecular complexity index is 453. The summed E-state index contributed by atoms with van der Waals surface area (Å²) in [5.74, 6) is -0.168. The molecule has 0 aromatic heterocycles. The van der Waals surface area contributed by atoms with Crippen LogP contribution in [0.25, 0.3) is 0 Å². The molecule has 0 saturated carbocycles. The molecule has 1 fully saturated rings. The van der Waals surface area contributed by atoms with E-state index in [1.807, 2.05) is 0 Å². The number of ether oxygens (including phenoxy) is 1. The summed E-state index contributed by atoms with van der Waals surface area (Å²) in [4.78, 5) is 4.63. The lowest BCUT2D eigenvalue weighted by Crippen LogP contribution is -2.51. The maximum absolute atomic E-state index is 13.6. The molecule has 1 atom stereocenters. The molecule has 2 N–H and O–H groups in total. The molecule has 5 heteroatoms. The number of anilines is 2. The minimum absolute atomic E-state index is 0.245. The Morgan fingerprint density at radius 2 is 2.16 bits per heavy atom. The fourth-order valence-electron chi connectivity index (χ4n) is 2.67. The van der Waals surface area contributed by atoms with Crippen molar-refractivity contribution in [2.24, 2.45) is 0 Å². The second-order valence-corrected chi connectivity index (χ2v) is 4.97. The van der Waals surface area contributed by atoms with E-state index in [1.54, 1.807) is 6.07 Å². The summed E-state index contributed by atoms with van der Waals surface area (Å²) in [6.45, 7) is 8.21. The van der Waals surface area contributed by atoms with Gasteiger partial charge in [0, 0.05) is 37.8 Å². The van der Waals surface area contributed by atoms with Crippen LogP contribution in [0.3, 0.4) is 0 Å². The molecule has 1 saturated heterocycles. The first-order chi connectivity index (χ1) is 9.06. The van der Waals surface area contributed by atoms with Crippen molar-refractivity contribution < 1.29 is 9.13 Å². The van der Waals surface area contributed by atoms with E-state index in [2.05, 4.69) is 23.6 Å². The molecule has 106 valence electrons. The van der Waals surface area contributed by atoms with Crippen molar-refractivity contribution in [2.45, 2.75) is 19.9 Å². The zero-order valence-corrected chi connectivity index (χ0v) is 11.8. The number of likely N-dealkylation sites (N-methyl/N-ethyl adjacent to an activating group) is 1. The fourth-order valence-corrected chi connectivity index (χ4v) is 2.67. The summed E-state index contributed by atoms with van der Waals surface area (Å²) in [5.41, 5.74) is 7.27. The van der Waals surface area contributed by atoms with Crippen LogP contribution in [0, 0.1) is 5.82 Å². The quantitative estimate of drug-likeness (QED) is 0.850. The molecule has 0 bridgehead atoms. The summed E-state index contributed by atoms with van der Waals surface area (Å²) in [6, 6.07) is 3.50. The Morgan fingerprint density at radius 1 is 1.42 bits per heavy atom. The molecular formula is C14H22FN3O. The van der Waals surface area contributed by atoms with E-state index in [0.717, 1.165) is 31.9 Å². The summed E-state index contributed by atoms with van der Waals surface area (Å²) in [7, 11) is 1.47. The average Bonchev–Trinajstić information content (AvgIpc) is 2.39. The van der Waals surface area contributed by atoms with E-state index < -0.39 is 5.82 Å². The van der Waals surface area contributed by atoms with E-state index in [9.17, 15) is 4.39 Å². The molecule has 1 aromatic carbocycles. The van der Waals surface area contributed by atoms with Gasteiger partial charge in [0.1, 0.15) is 0 Å². The molecule has 2 rings (SSSR count). The number of benzene rings is 1. The van der Waals surface area contributed by atoms with Gasteiger partial charge in [-0.25, -0.2) is 4.39 Å². The van der Waals surface area contributed by atoms with E-state index in [1.165, 1.54) is 13.2 Å². The van der Waals surface area contributed by atoms with Crippen LogP contribution in [-0.4, -0.2) is 44.2 Å². The Labute approximate surface area is 113 Å². The maximum Gasteiger partial charge on any atom is 0.167 e. The predicted molar refractivity (Wildman–Crippen MR) is 76.3 cm³/mol. The van der Waals surface area contributed by atoms with Crippen molar-refractivity contribution in [3.8, 4) is 5.75 Å². The first-order valence-electron chi connectivity index (χ1n) is 6.68. The standard InChI is InChI=1S/C14H22FN3O/c1-4-17-5-6-18(9-10(17)2)13-8-14(19-3)11(15)7-12(13)16/h7-8,10H,4-6,9,16H2,1-3H3. The van der Waals surface area contributed by atoms with Crippen LogP contribution in [0.1, 0.15) is 13.8 Å². The number of nitrogen functional groups attached to an aromatic ring is 1. The highest BCUT2D eigenvalue weighted by Crippen LogP contribution is 2.32. The minimum Gasteiger partial charge on any atom is -0.494 e. The van der Waals surface area contributed by atoms with Crippen LogP contribution < -0.4 is 15.4 Å². The van der Waals surface area contributed by atoms with Crippen molar-refractivity contribution in [2.75, 3.05) is 43.9 Å². The highest BCUT2D eigenvalue weighted by molar-refractivity contribution is 5.70. The molecule has 19 heavy (non-hydrogen) atoms. The number of rotatable bonds is 3. The van der Waals surface area contributed by atoms with E-state index >= 15 is 0 Å². The Hall–Kier alpha value is -1.49. The van der Waals surface area contributed by atoms with Crippen LogP contribution in [0.2, 0.25) is 0 Å². The normalized spacial score (nSPS) is 20.6. The lowest BCUT2D eigenvalue weighted by atomic mass is 10.1. The van der Waals surface area contributed by atoms with Crippen molar-refractivity contribution in [3.05, 3.63) is 17.9 Å². The molecule has 1 aliphatic rings. The zero-order chi connectivity index (χ0) is 14.0. The Balaban J connectivity index is 2.23. The molecule has 0 aliphatic carbocycles. The number of nitrogens with zero attached hydrogens (tertiary/aromatic N) is 2. The fraction of sp³-hybridized carbons (Fsp3) is 0.571. The van der Waals surface area contributed by atoms with Crippen LogP contribution >= 0.6 is 0 Å². The molecule has 0 radical (unpaired) electrons. The predicted octanol–water partition coefficient (Wildman–Crippen LogP) is 1.95. The van der Waals surface area contributed by atoms with Gasteiger partial charge in [0.2, 0.25) is 0 Å². The van der Waals surface area contributed by atoms with Crippen molar-refractivity contribution >= 4 is 11.4 Å². The molecule has 1 heterocycles. The van der Waals surface area contributed by atoms with Gasteiger partial charge in [-0.15, -0.1) is 0 Å². The lowest BCUT2D eigenvalue weighted by molar-refractivity contribution is 0.199. The van der Waals surface area contributed by atoms with Crippen LogP contribution in [0.15, 0.2) is 12.1 Å². The van der Waals surface area contributed by atoms with E-state index in [4.69, 9.17) is 10.5 Å². The number of hydrogen-bond donors (Lipinski definition) is 1. The molecule has 1 aliphatic heterocycles. The number of hydrogen-bond acceptors (Lipinski definition) is 4. The second kappa shape index (κ2) is 5.65. The summed E-state index contributed by atoms with van der Waals surface area (Å²) >= 11 is 0. The first kappa shape index (κ1) is 13.9. The van der Waals surface area contributed by atoms with Crippen molar-refractivity contribution in [1.82, 2.24) is 4.90 Å². The third-order valence-electron chi connectivity index (χ3n) is 3.81. The van der Waals surface area contributed by atoms with Gasteiger partial charge in [0.15, 0.2) is 11.6 Å². The largest absolute Gasteiger partial charge is 0.494 e. The number of halogens is 1. The third kappa shape index (κ3) is 2.76. The Morgan fingerprint density at radius 3 is 2.74 bits per heavy atom. The number of methoxy groups -OCH3 is 1. The van der Waals surface area contributed by atoms with Gasteiger partial charge >= 0.3 is 0 Å². The molecule has 1 unspecified atom stereocenters. The van der Waals surface area contributed by atoms with Crippen molar-refractivity contribution in [3.63, 3.8) is 0 Å². The second-order valence-electron chi connectivity index (χ2n) is 4.97. The SMILES string of the molecule is CCN1CCN(c2cc(OC)c(F)cc2N)CC1C. The van der Waals surface area contributed by atoms with Gasteiger partial charge in [0.05, 0.1) is 18.5 Å². The average molecular weight is 267 g/mol. The maximum atomic E-state index is 13.6. The highest BCUT2D eigenvalue weighted by Gasteiger charge is 2.24. The van der Waals surface area contributed by atoms with Gasteiger partial charge in [-0.2, -0.15) is 0 Å². The van der Waals surface area contributed by atoms with Gasteiger partial charge in [-0.1, -0.05) is 6.92 Å². The lowest BCUT2D eigenvalue weighted by Gasteiger charge is -2.41. The minimum atomic E-state index is -0.413. The molecule has 1 aromatic rings. The molecule has 0 spiro atoms. The topological polar surface area (TPSA) is 41.7 Å².